The molecule has 1 aromatic rings. The molecule has 0 aliphatic carbocycles. The number of amides is 2. The number of benzene rings is 1. The molecule has 7 heteroatoms. The van der Waals surface area contributed by atoms with Crippen molar-refractivity contribution in [3.63, 3.8) is 0 Å². The van der Waals surface area contributed by atoms with Crippen LogP contribution in [0.1, 0.15) is 65.7 Å². The van der Waals surface area contributed by atoms with Gasteiger partial charge >= 0.3 is 0 Å². The maximum Gasteiger partial charge on any atom is 0.253 e. The van der Waals surface area contributed by atoms with Crippen LogP contribution in [0, 0.1) is 0 Å². The number of carbonyl (C=O) groups is 2. The second-order valence-corrected chi connectivity index (χ2v) is 12.0. The van der Waals surface area contributed by atoms with Crippen molar-refractivity contribution >= 4 is 20.4 Å². The molecule has 2 unspecified atom stereocenters. The van der Waals surface area contributed by atoms with Gasteiger partial charge in [0.05, 0.1) is 0 Å². The lowest BCUT2D eigenvalue weighted by Crippen LogP contribution is -2.46. The molecule has 5 rings (SSSR count). The van der Waals surface area contributed by atoms with E-state index in [2.05, 4.69) is 16.5 Å². The standard InChI is InChI=1S/C27H41N4O2P/c1-34-25-11-18-31(20-25)24-9-16-30(17-10-24)27(33)22-6-4-5-21(19-22)26(32)29-14-7-23(8-15-29)28-12-2-3-13-28/h4-6,19,23-25,34H,2-3,7-18,20H2,1H3. The van der Waals surface area contributed by atoms with Crippen molar-refractivity contribution in [1.82, 2.24) is 19.6 Å². The first-order valence-electron chi connectivity index (χ1n) is 13.5. The fourth-order valence-electron chi connectivity index (χ4n) is 6.48. The number of hydrogen-bond acceptors (Lipinski definition) is 4. The summed E-state index contributed by atoms with van der Waals surface area (Å²) in [4.78, 5) is 35.7. The summed E-state index contributed by atoms with van der Waals surface area (Å²) in [7, 11) is 1.04. The highest BCUT2D eigenvalue weighted by Crippen LogP contribution is 2.29. The summed E-state index contributed by atoms with van der Waals surface area (Å²) in [6.45, 7) is 10.5. The minimum atomic E-state index is 0.0773. The highest BCUT2D eigenvalue weighted by atomic mass is 31.1. The van der Waals surface area contributed by atoms with Gasteiger partial charge in [0.15, 0.2) is 0 Å². The summed E-state index contributed by atoms with van der Waals surface area (Å²) in [5, 5.41) is 0. The Bertz CT molecular complexity index is 858. The van der Waals surface area contributed by atoms with Crippen LogP contribution < -0.4 is 0 Å². The van der Waals surface area contributed by atoms with Crippen LogP contribution in [-0.4, -0.2) is 108 Å². The van der Waals surface area contributed by atoms with Crippen LogP contribution in [0.25, 0.3) is 0 Å². The van der Waals surface area contributed by atoms with Crippen LogP contribution >= 0.6 is 8.58 Å². The Hall–Kier alpha value is -1.49. The van der Waals surface area contributed by atoms with Gasteiger partial charge in [-0.25, -0.2) is 0 Å². The van der Waals surface area contributed by atoms with E-state index in [-0.39, 0.29) is 11.8 Å². The zero-order valence-electron chi connectivity index (χ0n) is 20.8. The van der Waals surface area contributed by atoms with Gasteiger partial charge in [0.2, 0.25) is 0 Å². The van der Waals surface area contributed by atoms with Crippen LogP contribution in [-0.2, 0) is 0 Å². The number of hydrogen-bond donors (Lipinski definition) is 0. The van der Waals surface area contributed by atoms with Crippen molar-refractivity contribution in [3.8, 4) is 0 Å². The molecule has 0 spiro atoms. The highest BCUT2D eigenvalue weighted by molar-refractivity contribution is 7.38. The van der Waals surface area contributed by atoms with Gasteiger partial charge in [0.1, 0.15) is 0 Å². The van der Waals surface area contributed by atoms with Crippen molar-refractivity contribution in [2.75, 3.05) is 59.0 Å². The van der Waals surface area contributed by atoms with E-state index in [1.54, 1.807) is 0 Å². The number of rotatable bonds is 5. The van der Waals surface area contributed by atoms with Crippen molar-refractivity contribution < 1.29 is 9.59 Å². The molecule has 4 saturated heterocycles. The molecular formula is C27H41N4O2P. The maximum atomic E-state index is 13.3. The van der Waals surface area contributed by atoms with E-state index in [1.165, 1.54) is 45.4 Å². The van der Waals surface area contributed by atoms with Crippen molar-refractivity contribution in [1.29, 1.82) is 0 Å². The molecule has 34 heavy (non-hydrogen) atoms. The molecule has 1 aromatic carbocycles. The van der Waals surface area contributed by atoms with Gasteiger partial charge in [-0.05, 0) is 95.1 Å². The molecule has 4 fully saturated rings. The highest BCUT2D eigenvalue weighted by Gasteiger charge is 2.32. The lowest BCUT2D eigenvalue weighted by Gasteiger charge is -2.37. The lowest BCUT2D eigenvalue weighted by atomic mass is 10.0. The fourth-order valence-corrected chi connectivity index (χ4v) is 7.31. The van der Waals surface area contributed by atoms with E-state index < -0.39 is 0 Å². The largest absolute Gasteiger partial charge is 0.339 e. The van der Waals surface area contributed by atoms with Crippen LogP contribution in [0.2, 0.25) is 0 Å². The van der Waals surface area contributed by atoms with Crippen LogP contribution in [0.3, 0.4) is 0 Å². The van der Waals surface area contributed by atoms with Crippen molar-refractivity contribution in [2.45, 2.75) is 62.7 Å². The van der Waals surface area contributed by atoms with Gasteiger partial charge in [-0.1, -0.05) is 6.07 Å². The third-order valence-corrected chi connectivity index (χ3v) is 9.95. The Morgan fingerprint density at radius 1 is 0.735 bits per heavy atom. The first-order chi connectivity index (χ1) is 16.6. The monoisotopic (exact) mass is 484 g/mol. The van der Waals surface area contributed by atoms with Crippen LogP contribution in [0.4, 0.5) is 0 Å². The summed E-state index contributed by atoms with van der Waals surface area (Å²) in [5.74, 6) is 0.156. The average Bonchev–Trinajstić information content (AvgIpc) is 3.61. The molecule has 4 aliphatic rings. The number of nitrogens with zero attached hydrogens (tertiary/aromatic N) is 4. The quantitative estimate of drug-likeness (QED) is 0.602. The van der Waals surface area contributed by atoms with Gasteiger partial charge in [-0.15, -0.1) is 8.58 Å². The summed E-state index contributed by atoms with van der Waals surface area (Å²) in [6, 6.07) is 8.71. The number of likely N-dealkylation sites (tertiary alicyclic amines) is 4. The van der Waals surface area contributed by atoms with Gasteiger partial charge in [-0.2, -0.15) is 0 Å². The SMILES string of the molecule is CPC1CCN(C2CCN(C(=O)c3cccc(C(=O)N4CCC(N5CCCC5)CC4)c3)CC2)C1. The van der Waals surface area contributed by atoms with Gasteiger partial charge < -0.3 is 14.7 Å². The Labute approximate surface area is 206 Å². The lowest BCUT2D eigenvalue weighted by molar-refractivity contribution is 0.0643. The Balaban J connectivity index is 1.14. The van der Waals surface area contributed by atoms with Crippen molar-refractivity contribution in [2.24, 2.45) is 0 Å². The van der Waals surface area contributed by atoms with E-state index in [1.807, 2.05) is 34.1 Å². The molecule has 186 valence electrons. The molecule has 6 nitrogen and oxygen atoms in total. The minimum absolute atomic E-state index is 0.0773. The molecule has 0 saturated carbocycles. The average molecular weight is 485 g/mol. The van der Waals surface area contributed by atoms with Gasteiger partial charge in [0, 0.05) is 55.9 Å². The zero-order chi connectivity index (χ0) is 23.5. The molecular weight excluding hydrogens is 443 g/mol. The fraction of sp³-hybridized carbons (Fsp3) is 0.704. The minimum Gasteiger partial charge on any atom is -0.339 e. The van der Waals surface area contributed by atoms with E-state index in [9.17, 15) is 9.59 Å². The summed E-state index contributed by atoms with van der Waals surface area (Å²) in [6.07, 6.45) is 8.23. The molecule has 2 amide bonds. The molecule has 4 aliphatic heterocycles. The van der Waals surface area contributed by atoms with E-state index in [0.29, 0.717) is 23.2 Å². The third kappa shape index (κ3) is 5.34. The summed E-state index contributed by atoms with van der Waals surface area (Å²) >= 11 is 0. The van der Waals surface area contributed by atoms with E-state index in [4.69, 9.17) is 0 Å². The second-order valence-electron chi connectivity index (χ2n) is 10.6. The normalized spacial score (nSPS) is 26.2. The number of piperidine rings is 2. The molecule has 0 N–H and O–H groups in total. The van der Waals surface area contributed by atoms with Gasteiger partial charge in [0.25, 0.3) is 11.8 Å². The molecule has 0 bridgehead atoms. The number of carbonyl (C=O) groups excluding carboxylic acids is 2. The van der Waals surface area contributed by atoms with E-state index in [0.717, 1.165) is 66.1 Å². The smallest absolute Gasteiger partial charge is 0.253 e. The topological polar surface area (TPSA) is 47.1 Å². The third-order valence-electron chi connectivity index (χ3n) is 8.66. The second kappa shape index (κ2) is 11.1. The molecule has 0 radical (unpaired) electrons. The maximum absolute atomic E-state index is 13.3. The Morgan fingerprint density at radius 2 is 1.26 bits per heavy atom. The Kier molecular flexibility index (Phi) is 7.87. The Morgan fingerprint density at radius 3 is 1.76 bits per heavy atom. The predicted octanol–water partition coefficient (Wildman–Crippen LogP) is 3.37. The zero-order valence-corrected chi connectivity index (χ0v) is 21.8. The van der Waals surface area contributed by atoms with Gasteiger partial charge in [-0.3, -0.25) is 14.5 Å². The molecule has 4 heterocycles. The van der Waals surface area contributed by atoms with Crippen molar-refractivity contribution in [3.05, 3.63) is 35.4 Å². The molecule has 0 aromatic heterocycles. The summed E-state index contributed by atoms with van der Waals surface area (Å²) in [5.41, 5.74) is 2.19. The molecule has 2 atom stereocenters. The van der Waals surface area contributed by atoms with Crippen LogP contribution in [0.5, 0.6) is 0 Å². The predicted molar refractivity (Wildman–Crippen MR) is 139 cm³/mol. The first kappa shape index (κ1) is 24.2. The van der Waals surface area contributed by atoms with Crippen LogP contribution in [0.15, 0.2) is 24.3 Å². The van der Waals surface area contributed by atoms with E-state index >= 15 is 0 Å². The summed E-state index contributed by atoms with van der Waals surface area (Å²) < 4.78 is 0. The first-order valence-corrected chi connectivity index (χ1v) is 15.0.